The van der Waals surface area contributed by atoms with Crippen LogP contribution in [-0.4, -0.2) is 42.2 Å². The Kier molecular flexibility index (Phi) is 5.59. The van der Waals surface area contributed by atoms with E-state index in [-0.39, 0.29) is 18.1 Å². The maximum Gasteiger partial charge on any atom is 0.254 e. The summed E-state index contributed by atoms with van der Waals surface area (Å²) >= 11 is 1.63. The minimum absolute atomic E-state index is 0.0302. The van der Waals surface area contributed by atoms with E-state index < -0.39 is 0 Å². The summed E-state index contributed by atoms with van der Waals surface area (Å²) in [7, 11) is 1.82. The van der Waals surface area contributed by atoms with Crippen molar-refractivity contribution in [3.63, 3.8) is 0 Å². The third-order valence-electron chi connectivity index (χ3n) is 5.13. The largest absolute Gasteiger partial charge is 0.491 e. The number of rotatable bonds is 6. The quantitative estimate of drug-likeness (QED) is 0.607. The summed E-state index contributed by atoms with van der Waals surface area (Å²) in [6.07, 6.45) is 2.33. The first-order valence-corrected chi connectivity index (χ1v) is 10.4. The number of hydrogen-bond donors (Lipinski definition) is 0. The molecule has 3 aromatic rings. The molecule has 0 spiro atoms. The fourth-order valence-electron chi connectivity index (χ4n) is 3.27. The lowest BCUT2D eigenvalue weighted by Gasteiger charge is -2.23. The normalized spacial score (nSPS) is 17.6. The Balaban J connectivity index is 1.40. The highest BCUT2D eigenvalue weighted by Gasteiger charge is 2.22. The third-order valence-corrected chi connectivity index (χ3v) is 6.34. The Hall–Kier alpha value is -2.44. The second kappa shape index (κ2) is 8.29. The molecule has 6 heteroatoms. The SMILES string of the molecule is C[C@H](c1nc2ccccc2s1)N(C)C(=O)c1ccc(OC[C@H]2CCCO2)cc1. The molecule has 0 aliphatic carbocycles. The van der Waals surface area contributed by atoms with Gasteiger partial charge in [0, 0.05) is 19.2 Å². The van der Waals surface area contributed by atoms with Crippen molar-refractivity contribution >= 4 is 27.5 Å². The number of nitrogens with zero attached hydrogens (tertiary/aromatic N) is 2. The number of carbonyl (C=O) groups is 1. The molecule has 2 atom stereocenters. The first-order chi connectivity index (χ1) is 13.6. The van der Waals surface area contributed by atoms with E-state index >= 15 is 0 Å². The molecule has 0 saturated carbocycles. The molecule has 0 bridgehead atoms. The fourth-order valence-corrected chi connectivity index (χ4v) is 4.34. The van der Waals surface area contributed by atoms with Gasteiger partial charge >= 0.3 is 0 Å². The van der Waals surface area contributed by atoms with Gasteiger partial charge in [-0.3, -0.25) is 4.79 Å². The van der Waals surface area contributed by atoms with Gasteiger partial charge in [-0.05, 0) is 56.2 Å². The average molecular weight is 397 g/mol. The van der Waals surface area contributed by atoms with Crippen molar-refractivity contribution in [1.29, 1.82) is 0 Å². The molecule has 1 saturated heterocycles. The van der Waals surface area contributed by atoms with E-state index in [1.54, 1.807) is 16.2 Å². The van der Waals surface area contributed by atoms with Crippen molar-refractivity contribution in [3.05, 3.63) is 59.1 Å². The second-order valence-corrected chi connectivity index (χ2v) is 8.14. The summed E-state index contributed by atoms with van der Waals surface area (Å²) in [6.45, 7) is 3.39. The number of carbonyl (C=O) groups excluding carboxylic acids is 1. The summed E-state index contributed by atoms with van der Waals surface area (Å²) in [6, 6.07) is 15.3. The van der Waals surface area contributed by atoms with E-state index in [9.17, 15) is 4.79 Å². The summed E-state index contributed by atoms with van der Waals surface area (Å²) in [5.74, 6) is 0.728. The molecule has 146 valence electrons. The van der Waals surface area contributed by atoms with Crippen molar-refractivity contribution in [1.82, 2.24) is 9.88 Å². The molecule has 1 aliphatic rings. The van der Waals surface area contributed by atoms with Gasteiger partial charge in [-0.1, -0.05) is 12.1 Å². The predicted octanol–water partition coefficient (Wildman–Crippen LogP) is 4.69. The van der Waals surface area contributed by atoms with Gasteiger partial charge < -0.3 is 14.4 Å². The zero-order valence-electron chi connectivity index (χ0n) is 16.1. The monoisotopic (exact) mass is 396 g/mol. The standard InChI is InChI=1S/C22H24N2O3S/c1-15(21-23-19-7-3-4-8-20(19)28-21)24(2)22(25)16-9-11-17(12-10-16)27-14-18-6-5-13-26-18/h3-4,7-12,15,18H,5-6,13-14H2,1-2H3/t15-,18-/m1/s1. The van der Waals surface area contributed by atoms with Crippen LogP contribution in [0.2, 0.25) is 0 Å². The average Bonchev–Trinajstić information content (AvgIpc) is 3.40. The first-order valence-electron chi connectivity index (χ1n) is 9.59. The summed E-state index contributed by atoms with van der Waals surface area (Å²) in [4.78, 5) is 19.3. The van der Waals surface area contributed by atoms with Crippen LogP contribution in [0.3, 0.4) is 0 Å². The number of ether oxygens (including phenoxy) is 2. The Morgan fingerprint density at radius 2 is 2.07 bits per heavy atom. The van der Waals surface area contributed by atoms with Gasteiger partial charge in [0.05, 0.1) is 22.4 Å². The number of para-hydroxylation sites is 1. The summed E-state index contributed by atoms with van der Waals surface area (Å²) in [5, 5.41) is 0.938. The van der Waals surface area contributed by atoms with Gasteiger partial charge in [-0.2, -0.15) is 0 Å². The molecule has 1 amide bonds. The Morgan fingerprint density at radius 1 is 1.29 bits per heavy atom. The highest BCUT2D eigenvalue weighted by atomic mass is 32.1. The molecule has 0 N–H and O–H groups in total. The molecule has 28 heavy (non-hydrogen) atoms. The van der Waals surface area contributed by atoms with Crippen molar-refractivity contribution in [3.8, 4) is 5.75 Å². The van der Waals surface area contributed by atoms with E-state index in [1.165, 1.54) is 0 Å². The topological polar surface area (TPSA) is 51.7 Å². The Labute approximate surface area is 168 Å². The zero-order chi connectivity index (χ0) is 19.5. The molecule has 5 nitrogen and oxygen atoms in total. The van der Waals surface area contributed by atoms with Crippen LogP contribution in [-0.2, 0) is 4.74 Å². The molecule has 0 unspecified atom stereocenters. The van der Waals surface area contributed by atoms with Crippen LogP contribution in [0.15, 0.2) is 48.5 Å². The van der Waals surface area contributed by atoms with Gasteiger partial charge in [0.1, 0.15) is 17.4 Å². The molecule has 4 rings (SSSR count). The van der Waals surface area contributed by atoms with E-state index in [0.717, 1.165) is 40.4 Å². The summed E-state index contributed by atoms with van der Waals surface area (Å²) < 4.78 is 12.5. The van der Waals surface area contributed by atoms with E-state index in [0.29, 0.717) is 12.2 Å². The first kappa shape index (κ1) is 18.9. The number of benzene rings is 2. The zero-order valence-corrected chi connectivity index (χ0v) is 16.9. The molecular weight excluding hydrogens is 372 g/mol. The van der Waals surface area contributed by atoms with Crippen LogP contribution >= 0.6 is 11.3 Å². The van der Waals surface area contributed by atoms with E-state index in [4.69, 9.17) is 9.47 Å². The molecular formula is C22H24N2O3S. The molecule has 2 aromatic carbocycles. The Morgan fingerprint density at radius 3 is 2.79 bits per heavy atom. The number of amides is 1. The number of fused-ring (bicyclic) bond motifs is 1. The summed E-state index contributed by atoms with van der Waals surface area (Å²) in [5.41, 5.74) is 1.61. The van der Waals surface area contributed by atoms with E-state index in [1.807, 2.05) is 56.4 Å². The fraction of sp³-hybridized carbons (Fsp3) is 0.364. The maximum absolute atomic E-state index is 12.9. The van der Waals surface area contributed by atoms with Crippen molar-refractivity contribution in [2.75, 3.05) is 20.3 Å². The van der Waals surface area contributed by atoms with Crippen LogP contribution in [0.1, 0.15) is 41.2 Å². The molecule has 1 aromatic heterocycles. The van der Waals surface area contributed by atoms with Gasteiger partial charge in [0.25, 0.3) is 5.91 Å². The second-order valence-electron chi connectivity index (χ2n) is 7.08. The van der Waals surface area contributed by atoms with Crippen molar-refractivity contribution in [2.24, 2.45) is 0 Å². The van der Waals surface area contributed by atoms with Gasteiger partial charge in [0.2, 0.25) is 0 Å². The molecule has 1 aliphatic heterocycles. The maximum atomic E-state index is 12.9. The highest BCUT2D eigenvalue weighted by molar-refractivity contribution is 7.18. The van der Waals surface area contributed by atoms with Crippen LogP contribution in [0.25, 0.3) is 10.2 Å². The number of thiazole rings is 1. The van der Waals surface area contributed by atoms with Crippen LogP contribution in [0.5, 0.6) is 5.75 Å². The van der Waals surface area contributed by atoms with Gasteiger partial charge in [-0.25, -0.2) is 4.98 Å². The minimum atomic E-state index is -0.0969. The lowest BCUT2D eigenvalue weighted by Crippen LogP contribution is -2.29. The molecule has 0 radical (unpaired) electrons. The lowest BCUT2D eigenvalue weighted by molar-refractivity contribution is 0.0678. The van der Waals surface area contributed by atoms with Crippen LogP contribution < -0.4 is 4.74 Å². The molecule has 1 fully saturated rings. The number of hydrogen-bond acceptors (Lipinski definition) is 5. The van der Waals surface area contributed by atoms with Gasteiger partial charge in [0.15, 0.2) is 0 Å². The smallest absolute Gasteiger partial charge is 0.254 e. The highest BCUT2D eigenvalue weighted by Crippen LogP contribution is 2.29. The van der Waals surface area contributed by atoms with E-state index in [2.05, 4.69) is 11.1 Å². The number of aromatic nitrogens is 1. The van der Waals surface area contributed by atoms with Crippen molar-refractivity contribution < 1.29 is 14.3 Å². The molecule has 2 heterocycles. The van der Waals surface area contributed by atoms with Gasteiger partial charge in [-0.15, -0.1) is 11.3 Å². The minimum Gasteiger partial charge on any atom is -0.491 e. The van der Waals surface area contributed by atoms with Crippen molar-refractivity contribution in [2.45, 2.75) is 31.9 Å². The Bertz CT molecular complexity index is 915. The lowest BCUT2D eigenvalue weighted by atomic mass is 10.1. The van der Waals surface area contributed by atoms with Crippen LogP contribution in [0, 0.1) is 0 Å². The predicted molar refractivity (Wildman–Crippen MR) is 111 cm³/mol. The van der Waals surface area contributed by atoms with Crippen LogP contribution in [0.4, 0.5) is 0 Å². The third kappa shape index (κ3) is 4.03.